The van der Waals surface area contributed by atoms with Gasteiger partial charge >= 0.3 is 0 Å². The SMILES string of the molecule is C1=CC(c2cc(-c3ccccc3)nc(-c3cccc4sc5c(-c6cc(-c7ccccc7)nc(-c7ccc(-c8ccccc8)cc7)n6)cccc5c34)n2)=CCC1. The number of hydrogen-bond donors (Lipinski definition) is 0. The van der Waals surface area contributed by atoms with E-state index >= 15 is 0 Å². The summed E-state index contributed by atoms with van der Waals surface area (Å²) in [7, 11) is 0. The minimum Gasteiger partial charge on any atom is -0.228 e. The van der Waals surface area contributed by atoms with E-state index in [0.717, 1.165) is 91.2 Å². The van der Waals surface area contributed by atoms with Crippen molar-refractivity contribution in [3.63, 3.8) is 0 Å². The van der Waals surface area contributed by atoms with Gasteiger partial charge in [0.1, 0.15) is 0 Å². The molecule has 5 heteroatoms. The number of allylic oxidation sites excluding steroid dienone is 4. The van der Waals surface area contributed by atoms with Gasteiger partial charge in [0.25, 0.3) is 0 Å². The molecule has 0 saturated heterocycles. The number of benzene rings is 6. The first kappa shape index (κ1) is 32.8. The molecule has 55 heavy (non-hydrogen) atoms. The molecule has 1 aliphatic carbocycles. The van der Waals surface area contributed by atoms with E-state index in [1.807, 2.05) is 18.2 Å². The summed E-state index contributed by atoms with van der Waals surface area (Å²) >= 11 is 1.79. The van der Waals surface area contributed by atoms with Crippen LogP contribution in [0.25, 0.3) is 93.4 Å². The second kappa shape index (κ2) is 14.2. The molecule has 0 bridgehead atoms. The van der Waals surface area contributed by atoms with Crippen LogP contribution in [-0.2, 0) is 0 Å². The van der Waals surface area contributed by atoms with Gasteiger partial charge in [0.15, 0.2) is 11.6 Å². The Balaban J connectivity index is 1.14. The Bertz CT molecular complexity index is 2890. The fourth-order valence-corrected chi connectivity index (χ4v) is 8.68. The Morgan fingerprint density at radius 1 is 0.418 bits per heavy atom. The van der Waals surface area contributed by atoms with Gasteiger partial charge in [-0.3, -0.25) is 0 Å². The Hall–Kier alpha value is -6.82. The summed E-state index contributed by atoms with van der Waals surface area (Å²) in [6, 6.07) is 57.0. The molecule has 3 heterocycles. The first-order valence-electron chi connectivity index (χ1n) is 18.6. The van der Waals surface area contributed by atoms with Crippen LogP contribution in [0, 0.1) is 0 Å². The van der Waals surface area contributed by atoms with Crippen LogP contribution in [0.3, 0.4) is 0 Å². The lowest BCUT2D eigenvalue weighted by Gasteiger charge is -2.12. The Morgan fingerprint density at radius 3 is 1.67 bits per heavy atom. The molecule has 10 rings (SSSR count). The van der Waals surface area contributed by atoms with Crippen molar-refractivity contribution in [1.82, 2.24) is 19.9 Å². The second-order valence-corrected chi connectivity index (χ2v) is 14.8. The molecule has 0 radical (unpaired) electrons. The maximum atomic E-state index is 5.27. The molecule has 9 aromatic rings. The molecule has 3 aromatic heterocycles. The second-order valence-electron chi connectivity index (χ2n) is 13.7. The number of rotatable bonds is 7. The lowest BCUT2D eigenvalue weighted by Crippen LogP contribution is -1.99. The van der Waals surface area contributed by atoms with Crippen molar-refractivity contribution in [2.75, 3.05) is 0 Å². The number of aromatic nitrogens is 4. The topological polar surface area (TPSA) is 51.6 Å². The van der Waals surface area contributed by atoms with Crippen molar-refractivity contribution in [2.45, 2.75) is 12.8 Å². The van der Waals surface area contributed by atoms with Crippen LogP contribution in [0.4, 0.5) is 0 Å². The molecule has 0 fully saturated rings. The van der Waals surface area contributed by atoms with Crippen molar-refractivity contribution in [2.24, 2.45) is 0 Å². The molecule has 0 N–H and O–H groups in total. The lowest BCUT2D eigenvalue weighted by molar-refractivity contribution is 1.03. The number of thiophene rings is 1. The molecule has 0 spiro atoms. The molecular weight excluding hydrogens is 689 g/mol. The first-order valence-corrected chi connectivity index (χ1v) is 19.4. The van der Waals surface area contributed by atoms with E-state index in [0.29, 0.717) is 5.82 Å². The monoisotopic (exact) mass is 722 g/mol. The summed E-state index contributed by atoms with van der Waals surface area (Å²) in [4.78, 5) is 20.9. The van der Waals surface area contributed by atoms with E-state index in [9.17, 15) is 0 Å². The van der Waals surface area contributed by atoms with Crippen LogP contribution >= 0.6 is 11.3 Å². The summed E-state index contributed by atoms with van der Waals surface area (Å²) in [5.41, 5.74) is 12.3. The third kappa shape index (κ3) is 6.35. The summed E-state index contributed by atoms with van der Waals surface area (Å²) in [5, 5.41) is 2.32. The normalized spacial score (nSPS) is 12.6. The van der Waals surface area contributed by atoms with Crippen LogP contribution in [0.5, 0.6) is 0 Å². The van der Waals surface area contributed by atoms with Gasteiger partial charge in [0.05, 0.1) is 22.8 Å². The van der Waals surface area contributed by atoms with Gasteiger partial charge < -0.3 is 0 Å². The van der Waals surface area contributed by atoms with Crippen molar-refractivity contribution in [3.8, 4) is 67.7 Å². The van der Waals surface area contributed by atoms with E-state index in [1.54, 1.807) is 11.3 Å². The number of hydrogen-bond acceptors (Lipinski definition) is 5. The van der Waals surface area contributed by atoms with Crippen molar-refractivity contribution in [1.29, 1.82) is 0 Å². The predicted octanol–water partition coefficient (Wildman–Crippen LogP) is 13.4. The van der Waals surface area contributed by atoms with Crippen molar-refractivity contribution in [3.05, 3.63) is 188 Å². The quantitative estimate of drug-likeness (QED) is 0.164. The zero-order valence-electron chi connectivity index (χ0n) is 29.9. The Kier molecular flexibility index (Phi) is 8.47. The highest BCUT2D eigenvalue weighted by Crippen LogP contribution is 2.44. The average Bonchev–Trinajstić information content (AvgIpc) is 3.67. The minimum absolute atomic E-state index is 0.694. The highest BCUT2D eigenvalue weighted by molar-refractivity contribution is 7.26. The van der Waals surface area contributed by atoms with Gasteiger partial charge in [-0.2, -0.15) is 0 Å². The maximum Gasteiger partial charge on any atom is 0.161 e. The third-order valence-electron chi connectivity index (χ3n) is 10.2. The smallest absolute Gasteiger partial charge is 0.161 e. The zero-order chi connectivity index (χ0) is 36.6. The summed E-state index contributed by atoms with van der Waals surface area (Å²) < 4.78 is 2.35. The maximum absolute atomic E-state index is 5.27. The van der Waals surface area contributed by atoms with E-state index < -0.39 is 0 Å². The van der Waals surface area contributed by atoms with Gasteiger partial charge in [-0.15, -0.1) is 11.3 Å². The first-order chi connectivity index (χ1) is 27.2. The van der Waals surface area contributed by atoms with E-state index in [2.05, 4.69) is 164 Å². The summed E-state index contributed by atoms with van der Waals surface area (Å²) in [6.45, 7) is 0. The van der Waals surface area contributed by atoms with E-state index in [1.165, 1.54) is 15.0 Å². The number of nitrogens with zero attached hydrogens (tertiary/aromatic N) is 4. The van der Waals surface area contributed by atoms with Gasteiger partial charge in [-0.05, 0) is 47.7 Å². The van der Waals surface area contributed by atoms with Crippen LogP contribution < -0.4 is 0 Å². The molecular formula is C50H34N4S. The van der Waals surface area contributed by atoms with Crippen molar-refractivity contribution >= 4 is 37.1 Å². The Morgan fingerprint density at radius 2 is 0.982 bits per heavy atom. The largest absolute Gasteiger partial charge is 0.228 e. The fourth-order valence-electron chi connectivity index (χ4n) is 7.43. The molecule has 4 nitrogen and oxygen atoms in total. The van der Waals surface area contributed by atoms with Crippen LogP contribution in [0.2, 0.25) is 0 Å². The molecule has 0 unspecified atom stereocenters. The van der Waals surface area contributed by atoms with E-state index in [4.69, 9.17) is 19.9 Å². The molecule has 260 valence electrons. The standard InChI is InChI=1S/C50H34N4S/c1-5-15-33(16-6-1)34-27-29-38(30-28-34)49-51-44(37-21-11-4-12-22-37)32-45(54-49)39-23-13-24-40-47-41(25-14-26-46(47)55-48(39)40)50-52-42(35-17-7-2-8-18-35)31-43(53-50)36-19-9-3-10-20-36/h1-2,4-9,11-32H,3,10H2. The molecule has 0 aliphatic heterocycles. The van der Waals surface area contributed by atoms with Crippen LogP contribution in [-0.4, -0.2) is 19.9 Å². The van der Waals surface area contributed by atoms with Gasteiger partial charge in [-0.1, -0.05) is 164 Å². The van der Waals surface area contributed by atoms with Crippen LogP contribution in [0.1, 0.15) is 18.5 Å². The molecule has 6 aromatic carbocycles. The molecule has 1 aliphatic rings. The average molecular weight is 723 g/mol. The molecule has 0 saturated carbocycles. The summed E-state index contributed by atoms with van der Waals surface area (Å²) in [5.74, 6) is 1.42. The zero-order valence-corrected chi connectivity index (χ0v) is 30.7. The van der Waals surface area contributed by atoms with Gasteiger partial charge in [-0.25, -0.2) is 19.9 Å². The van der Waals surface area contributed by atoms with E-state index in [-0.39, 0.29) is 0 Å². The number of fused-ring (bicyclic) bond motifs is 3. The molecule has 0 amide bonds. The lowest BCUT2D eigenvalue weighted by atomic mass is 10.00. The summed E-state index contributed by atoms with van der Waals surface area (Å²) in [6.07, 6.45) is 8.76. The third-order valence-corrected chi connectivity index (χ3v) is 11.4. The van der Waals surface area contributed by atoms with Crippen LogP contribution in [0.15, 0.2) is 182 Å². The fraction of sp³-hybridized carbons (Fsp3) is 0.0400. The highest BCUT2D eigenvalue weighted by Gasteiger charge is 2.20. The highest BCUT2D eigenvalue weighted by atomic mass is 32.1. The predicted molar refractivity (Wildman–Crippen MR) is 229 cm³/mol. The molecule has 0 atom stereocenters. The minimum atomic E-state index is 0.694. The van der Waals surface area contributed by atoms with Crippen molar-refractivity contribution < 1.29 is 0 Å². The van der Waals surface area contributed by atoms with Gasteiger partial charge in [0, 0.05) is 48.0 Å². The Labute approximate surface area is 323 Å². The van der Waals surface area contributed by atoms with Gasteiger partial charge in [0.2, 0.25) is 0 Å².